The minimum Gasteiger partial charge on any atom is -0.478 e. The third-order valence-corrected chi connectivity index (χ3v) is 1.72. The van der Waals surface area contributed by atoms with Gasteiger partial charge in [-0.3, -0.25) is 5.73 Å². The molecule has 0 fully saturated rings. The Kier molecular flexibility index (Phi) is 1.72. The smallest absolute Gasteiger partial charge is 0.168 e. The fourth-order valence-corrected chi connectivity index (χ4v) is 1.15. The first-order chi connectivity index (χ1) is 5.86. The lowest BCUT2D eigenvalue weighted by Gasteiger charge is -2.17. The molecule has 0 aliphatic carbocycles. The molecule has 0 bridgehead atoms. The summed E-state index contributed by atoms with van der Waals surface area (Å²) in [6.07, 6.45) is 12.8. The number of hydrogen-bond donors (Lipinski definition) is 1. The van der Waals surface area contributed by atoms with Gasteiger partial charge in [-0.25, -0.2) is 0 Å². The van der Waals surface area contributed by atoms with Gasteiger partial charge in [0.15, 0.2) is 6.23 Å². The third kappa shape index (κ3) is 1.26. The predicted molar refractivity (Wildman–Crippen MR) is 46.4 cm³/mol. The van der Waals surface area contributed by atoms with Crippen molar-refractivity contribution in [3.8, 4) is 0 Å². The quantitative estimate of drug-likeness (QED) is 0.578. The SMILES string of the molecule is NC1C=C2C=CC=CN2C=CO1. The van der Waals surface area contributed by atoms with Crippen LogP contribution in [-0.4, -0.2) is 11.1 Å². The highest BCUT2D eigenvalue weighted by Gasteiger charge is 2.09. The van der Waals surface area contributed by atoms with Gasteiger partial charge in [0.1, 0.15) is 6.26 Å². The molecule has 12 heavy (non-hydrogen) atoms. The van der Waals surface area contributed by atoms with Crippen LogP contribution in [0.4, 0.5) is 0 Å². The summed E-state index contributed by atoms with van der Waals surface area (Å²) in [5, 5.41) is 0. The van der Waals surface area contributed by atoms with E-state index in [1.165, 1.54) is 0 Å². The van der Waals surface area contributed by atoms with Crippen LogP contribution in [0.5, 0.6) is 0 Å². The number of hydrogen-bond acceptors (Lipinski definition) is 3. The number of nitrogens with zero attached hydrogens (tertiary/aromatic N) is 1. The number of fused-ring (bicyclic) bond motifs is 1. The second-order valence-electron chi connectivity index (χ2n) is 2.59. The van der Waals surface area contributed by atoms with Gasteiger partial charge in [-0.05, 0) is 18.2 Å². The molecule has 0 amide bonds. The van der Waals surface area contributed by atoms with E-state index in [9.17, 15) is 0 Å². The minimum absolute atomic E-state index is 0.350. The molecule has 0 saturated carbocycles. The van der Waals surface area contributed by atoms with Gasteiger partial charge >= 0.3 is 0 Å². The van der Waals surface area contributed by atoms with Crippen molar-refractivity contribution in [3.63, 3.8) is 0 Å². The number of allylic oxidation sites excluding steroid dienone is 3. The highest BCUT2D eigenvalue weighted by molar-refractivity contribution is 5.30. The van der Waals surface area contributed by atoms with Crippen molar-refractivity contribution >= 4 is 0 Å². The maximum Gasteiger partial charge on any atom is 0.168 e. The summed E-state index contributed by atoms with van der Waals surface area (Å²) < 4.78 is 5.11. The largest absolute Gasteiger partial charge is 0.478 e. The molecule has 2 rings (SSSR count). The topological polar surface area (TPSA) is 38.5 Å². The molecule has 0 radical (unpaired) electrons. The molecule has 0 aromatic carbocycles. The van der Waals surface area contributed by atoms with Crippen LogP contribution in [-0.2, 0) is 4.74 Å². The molecular weight excluding hydrogens is 152 g/mol. The zero-order valence-corrected chi connectivity index (χ0v) is 6.55. The Labute approximate surface area is 71.1 Å². The van der Waals surface area contributed by atoms with E-state index < -0.39 is 0 Å². The Morgan fingerprint density at radius 3 is 3.17 bits per heavy atom. The predicted octanol–water partition coefficient (Wildman–Crippen LogP) is 1.04. The maximum absolute atomic E-state index is 5.61. The molecule has 62 valence electrons. The fraction of sp³-hybridized carbons (Fsp3) is 0.111. The van der Waals surface area contributed by atoms with E-state index in [-0.39, 0.29) is 6.23 Å². The normalized spacial score (nSPS) is 25.9. The van der Waals surface area contributed by atoms with Gasteiger partial charge in [0.25, 0.3) is 0 Å². The molecule has 0 aromatic heterocycles. The summed E-state index contributed by atoms with van der Waals surface area (Å²) in [4.78, 5) is 1.95. The van der Waals surface area contributed by atoms with Gasteiger partial charge in [-0.1, -0.05) is 6.08 Å². The summed E-state index contributed by atoms with van der Waals surface area (Å²) in [7, 11) is 0. The Morgan fingerprint density at radius 2 is 2.25 bits per heavy atom. The van der Waals surface area contributed by atoms with Crippen LogP contribution >= 0.6 is 0 Å². The first kappa shape index (κ1) is 7.18. The van der Waals surface area contributed by atoms with Gasteiger partial charge in [-0.2, -0.15) is 0 Å². The van der Waals surface area contributed by atoms with E-state index in [0.29, 0.717) is 0 Å². The van der Waals surface area contributed by atoms with Gasteiger partial charge in [0.05, 0.1) is 0 Å². The molecule has 0 saturated heterocycles. The second-order valence-corrected chi connectivity index (χ2v) is 2.59. The van der Waals surface area contributed by atoms with Crippen LogP contribution in [0.3, 0.4) is 0 Å². The molecule has 2 N–H and O–H groups in total. The lowest BCUT2D eigenvalue weighted by atomic mass is 10.2. The van der Waals surface area contributed by atoms with Crippen molar-refractivity contribution in [1.29, 1.82) is 0 Å². The Balaban J connectivity index is 2.33. The van der Waals surface area contributed by atoms with Crippen LogP contribution in [0.15, 0.2) is 48.7 Å². The van der Waals surface area contributed by atoms with E-state index in [4.69, 9.17) is 10.5 Å². The van der Waals surface area contributed by atoms with Crippen molar-refractivity contribution < 1.29 is 4.74 Å². The Bertz CT molecular complexity index is 289. The molecule has 2 heterocycles. The zero-order valence-electron chi connectivity index (χ0n) is 6.55. The highest BCUT2D eigenvalue weighted by atomic mass is 16.5. The van der Waals surface area contributed by atoms with E-state index >= 15 is 0 Å². The van der Waals surface area contributed by atoms with Gasteiger partial charge < -0.3 is 9.64 Å². The molecule has 3 nitrogen and oxygen atoms in total. The summed E-state index contributed by atoms with van der Waals surface area (Å²) in [6.45, 7) is 0. The molecule has 0 spiro atoms. The van der Waals surface area contributed by atoms with Crippen LogP contribution in [0.2, 0.25) is 0 Å². The standard InChI is InChI=1S/C9H10N2O/c10-9-7-8-3-1-2-4-11(8)5-6-12-9/h1-7,9H,10H2. The van der Waals surface area contributed by atoms with Crippen molar-refractivity contribution in [2.75, 3.05) is 0 Å². The molecule has 1 unspecified atom stereocenters. The summed E-state index contributed by atoms with van der Waals surface area (Å²) in [5.41, 5.74) is 6.65. The first-order valence-corrected chi connectivity index (χ1v) is 3.79. The summed E-state index contributed by atoms with van der Waals surface area (Å²) in [6, 6.07) is 0. The lowest BCUT2D eigenvalue weighted by molar-refractivity contribution is 0.194. The van der Waals surface area contributed by atoms with E-state index in [0.717, 1.165) is 5.70 Å². The van der Waals surface area contributed by atoms with Crippen molar-refractivity contribution in [2.45, 2.75) is 6.23 Å². The lowest BCUT2D eigenvalue weighted by Crippen LogP contribution is -2.19. The monoisotopic (exact) mass is 162 g/mol. The van der Waals surface area contributed by atoms with E-state index in [1.54, 1.807) is 6.26 Å². The van der Waals surface area contributed by atoms with Crippen LogP contribution in [0, 0.1) is 0 Å². The molecular formula is C9H10N2O. The number of nitrogens with two attached hydrogens (primary N) is 1. The van der Waals surface area contributed by atoms with E-state index in [1.807, 2.05) is 41.6 Å². The van der Waals surface area contributed by atoms with Crippen molar-refractivity contribution in [1.82, 2.24) is 4.90 Å². The average molecular weight is 162 g/mol. The number of rotatable bonds is 0. The maximum atomic E-state index is 5.61. The highest BCUT2D eigenvalue weighted by Crippen LogP contribution is 2.15. The minimum atomic E-state index is -0.350. The van der Waals surface area contributed by atoms with Crippen LogP contribution in [0.1, 0.15) is 0 Å². The van der Waals surface area contributed by atoms with Gasteiger partial charge in [0.2, 0.25) is 0 Å². The van der Waals surface area contributed by atoms with Gasteiger partial charge in [0, 0.05) is 18.1 Å². The van der Waals surface area contributed by atoms with Crippen molar-refractivity contribution in [3.05, 3.63) is 48.7 Å². The Hall–Kier alpha value is -1.48. The molecule has 2 aliphatic heterocycles. The molecule has 1 atom stereocenters. The average Bonchev–Trinajstić information content (AvgIpc) is 2.25. The Morgan fingerprint density at radius 1 is 1.33 bits per heavy atom. The molecule has 2 aliphatic rings. The molecule has 0 aromatic rings. The zero-order chi connectivity index (χ0) is 8.39. The van der Waals surface area contributed by atoms with Crippen LogP contribution < -0.4 is 5.73 Å². The van der Waals surface area contributed by atoms with Crippen molar-refractivity contribution in [2.24, 2.45) is 5.73 Å². The fourth-order valence-electron chi connectivity index (χ4n) is 1.15. The number of ether oxygens (including phenoxy) is 1. The van der Waals surface area contributed by atoms with Crippen LogP contribution in [0.25, 0.3) is 0 Å². The summed E-state index contributed by atoms with van der Waals surface area (Å²) in [5.74, 6) is 0. The first-order valence-electron chi connectivity index (χ1n) is 3.79. The molecule has 3 heteroatoms. The third-order valence-electron chi connectivity index (χ3n) is 1.72. The second kappa shape index (κ2) is 2.87. The summed E-state index contributed by atoms with van der Waals surface area (Å²) >= 11 is 0. The van der Waals surface area contributed by atoms with E-state index in [2.05, 4.69) is 0 Å². The van der Waals surface area contributed by atoms with Gasteiger partial charge in [-0.15, -0.1) is 0 Å².